The van der Waals surface area contributed by atoms with Gasteiger partial charge in [-0.1, -0.05) is 6.07 Å². The third-order valence-electron chi connectivity index (χ3n) is 5.22. The SMILES string of the molecule is CC(C)(C)OC(=O)NCCNC(=O)C1CCCN(C(=O)c2nc(S(C)(=O)=O)n3ccccc23)C1. The number of pyridine rings is 1. The Bertz CT molecular complexity index is 1180. The molecule has 0 spiro atoms. The van der Waals surface area contributed by atoms with Crippen molar-refractivity contribution in [3.63, 3.8) is 0 Å². The summed E-state index contributed by atoms with van der Waals surface area (Å²) in [7, 11) is -3.65. The summed E-state index contributed by atoms with van der Waals surface area (Å²) in [6.07, 6.45) is 3.28. The highest BCUT2D eigenvalue weighted by Crippen LogP contribution is 2.22. The zero-order valence-corrected chi connectivity index (χ0v) is 20.6. The number of ether oxygens (including phenoxy) is 1. The summed E-state index contributed by atoms with van der Waals surface area (Å²) in [5.74, 6) is -1.04. The Morgan fingerprint density at radius 1 is 1.18 bits per heavy atom. The molecule has 1 atom stereocenters. The molecule has 1 aliphatic heterocycles. The van der Waals surface area contributed by atoms with E-state index in [1.807, 2.05) is 0 Å². The molecule has 0 aliphatic carbocycles. The fourth-order valence-electron chi connectivity index (χ4n) is 3.76. The molecule has 2 aromatic rings. The molecular formula is C22H31N5O6S. The molecule has 1 aliphatic rings. The number of hydrogen-bond donors (Lipinski definition) is 2. The van der Waals surface area contributed by atoms with E-state index in [4.69, 9.17) is 4.74 Å². The van der Waals surface area contributed by atoms with Crippen molar-refractivity contribution in [3.8, 4) is 0 Å². The van der Waals surface area contributed by atoms with E-state index in [0.717, 1.165) is 6.26 Å². The van der Waals surface area contributed by atoms with Crippen molar-refractivity contribution in [2.24, 2.45) is 5.92 Å². The van der Waals surface area contributed by atoms with Gasteiger partial charge in [0.05, 0.1) is 11.4 Å². The number of rotatable bonds is 6. The number of likely N-dealkylation sites (tertiary alicyclic amines) is 1. The van der Waals surface area contributed by atoms with E-state index in [1.54, 1.807) is 45.2 Å². The van der Waals surface area contributed by atoms with Crippen LogP contribution in [0.25, 0.3) is 5.52 Å². The van der Waals surface area contributed by atoms with Gasteiger partial charge in [0.2, 0.25) is 20.9 Å². The number of hydrogen-bond acceptors (Lipinski definition) is 7. The number of nitrogens with one attached hydrogen (secondary N) is 2. The van der Waals surface area contributed by atoms with Crippen LogP contribution in [0.2, 0.25) is 0 Å². The number of fused-ring (bicyclic) bond motifs is 1. The van der Waals surface area contributed by atoms with Gasteiger partial charge >= 0.3 is 6.09 Å². The van der Waals surface area contributed by atoms with Crippen LogP contribution in [-0.2, 0) is 19.4 Å². The Labute approximate surface area is 198 Å². The second kappa shape index (κ2) is 10.00. The van der Waals surface area contributed by atoms with Crippen molar-refractivity contribution in [1.29, 1.82) is 0 Å². The van der Waals surface area contributed by atoms with Gasteiger partial charge in [0.15, 0.2) is 5.69 Å². The molecule has 12 heteroatoms. The molecule has 2 N–H and O–H groups in total. The van der Waals surface area contributed by atoms with Crippen LogP contribution in [-0.4, -0.2) is 78.6 Å². The van der Waals surface area contributed by atoms with Gasteiger partial charge in [-0.25, -0.2) is 18.2 Å². The summed E-state index contributed by atoms with van der Waals surface area (Å²) >= 11 is 0. The number of amides is 3. The Hall–Kier alpha value is -3.15. The maximum Gasteiger partial charge on any atom is 0.407 e. The van der Waals surface area contributed by atoms with E-state index in [0.29, 0.717) is 24.9 Å². The van der Waals surface area contributed by atoms with Gasteiger partial charge in [0.25, 0.3) is 5.91 Å². The number of sulfone groups is 1. The first-order valence-electron chi connectivity index (χ1n) is 11.1. The lowest BCUT2D eigenvalue weighted by molar-refractivity contribution is -0.126. The molecule has 2 aromatic heterocycles. The second-order valence-corrected chi connectivity index (χ2v) is 11.2. The molecule has 3 amide bonds. The highest BCUT2D eigenvalue weighted by atomic mass is 32.2. The standard InChI is InChI=1S/C22H31N5O6S/c1-22(2,3)33-21(30)24-11-10-23-18(28)15-8-7-12-26(14-15)19(29)17-16-9-5-6-13-27(16)20(25-17)34(4,31)32/h5-6,9,13,15H,7-8,10-12,14H2,1-4H3,(H,23,28)(H,24,30). The van der Waals surface area contributed by atoms with Gasteiger partial charge in [-0.15, -0.1) is 0 Å². The van der Waals surface area contributed by atoms with E-state index < -0.39 is 33.4 Å². The number of aromatic nitrogens is 2. The molecule has 3 rings (SSSR count). The predicted molar refractivity (Wildman–Crippen MR) is 124 cm³/mol. The zero-order valence-electron chi connectivity index (χ0n) is 19.8. The third kappa shape index (κ3) is 6.25. The summed E-state index contributed by atoms with van der Waals surface area (Å²) in [6.45, 7) is 6.38. The van der Waals surface area contributed by atoms with E-state index >= 15 is 0 Å². The molecule has 0 radical (unpaired) electrons. The number of alkyl carbamates (subject to hydrolysis) is 1. The first kappa shape index (κ1) is 25.5. The van der Waals surface area contributed by atoms with Crippen LogP contribution >= 0.6 is 0 Å². The summed E-state index contributed by atoms with van der Waals surface area (Å²) in [5, 5.41) is 5.16. The smallest absolute Gasteiger partial charge is 0.407 e. The van der Waals surface area contributed by atoms with Crippen molar-refractivity contribution in [1.82, 2.24) is 24.9 Å². The summed E-state index contributed by atoms with van der Waals surface area (Å²) in [5.41, 5.74) is -0.162. The van der Waals surface area contributed by atoms with Crippen LogP contribution in [0.5, 0.6) is 0 Å². The van der Waals surface area contributed by atoms with Crippen molar-refractivity contribution < 1.29 is 27.5 Å². The molecule has 1 fully saturated rings. The average Bonchev–Trinajstić information content (AvgIpc) is 3.15. The van der Waals surface area contributed by atoms with Crippen LogP contribution in [0.3, 0.4) is 0 Å². The van der Waals surface area contributed by atoms with Gasteiger partial charge in [-0.2, -0.15) is 0 Å². The fourth-order valence-corrected chi connectivity index (χ4v) is 4.54. The molecule has 186 valence electrons. The number of carbonyl (C=O) groups excluding carboxylic acids is 3. The molecular weight excluding hydrogens is 462 g/mol. The van der Waals surface area contributed by atoms with E-state index in [1.165, 1.54) is 9.30 Å². The minimum atomic E-state index is -3.65. The molecule has 34 heavy (non-hydrogen) atoms. The van der Waals surface area contributed by atoms with E-state index in [9.17, 15) is 22.8 Å². The van der Waals surface area contributed by atoms with E-state index in [-0.39, 0.29) is 36.4 Å². The maximum absolute atomic E-state index is 13.2. The highest BCUT2D eigenvalue weighted by molar-refractivity contribution is 7.90. The normalized spacial score (nSPS) is 16.8. The van der Waals surface area contributed by atoms with Gasteiger partial charge in [-0.3, -0.25) is 14.0 Å². The Kier molecular flexibility index (Phi) is 7.49. The first-order chi connectivity index (χ1) is 15.9. The molecule has 0 saturated carbocycles. The lowest BCUT2D eigenvalue weighted by atomic mass is 9.97. The van der Waals surface area contributed by atoms with Crippen molar-refractivity contribution in [3.05, 3.63) is 30.1 Å². The average molecular weight is 494 g/mol. The third-order valence-corrected chi connectivity index (χ3v) is 6.17. The second-order valence-electron chi connectivity index (χ2n) is 9.28. The van der Waals surface area contributed by atoms with Crippen molar-refractivity contribution in [2.75, 3.05) is 32.4 Å². The van der Waals surface area contributed by atoms with Gasteiger partial charge in [0, 0.05) is 38.6 Å². The monoisotopic (exact) mass is 493 g/mol. The zero-order chi connectivity index (χ0) is 25.1. The quantitative estimate of drug-likeness (QED) is 0.577. The molecule has 0 aromatic carbocycles. The lowest BCUT2D eigenvalue weighted by Crippen LogP contribution is -2.46. The van der Waals surface area contributed by atoms with Crippen LogP contribution in [0.1, 0.15) is 44.1 Å². The molecule has 0 bridgehead atoms. The van der Waals surface area contributed by atoms with Gasteiger partial charge in [-0.05, 0) is 45.7 Å². The van der Waals surface area contributed by atoms with E-state index in [2.05, 4.69) is 15.6 Å². The van der Waals surface area contributed by atoms with Crippen LogP contribution in [0.15, 0.2) is 29.6 Å². The van der Waals surface area contributed by atoms with Gasteiger partial charge in [0.1, 0.15) is 5.60 Å². The Balaban J connectivity index is 1.61. The van der Waals surface area contributed by atoms with Crippen LogP contribution in [0, 0.1) is 5.92 Å². The van der Waals surface area contributed by atoms with Crippen molar-refractivity contribution >= 4 is 33.3 Å². The first-order valence-corrected chi connectivity index (χ1v) is 13.0. The fraction of sp³-hybridized carbons (Fsp3) is 0.545. The molecule has 1 saturated heterocycles. The van der Waals surface area contributed by atoms with Crippen LogP contribution in [0.4, 0.5) is 4.79 Å². The molecule has 3 heterocycles. The summed E-state index contributed by atoms with van der Waals surface area (Å²) < 4.78 is 30.8. The van der Waals surface area contributed by atoms with Gasteiger partial charge < -0.3 is 20.3 Å². The Morgan fingerprint density at radius 2 is 1.88 bits per heavy atom. The number of carbonyl (C=O) groups is 3. The number of imidazole rings is 1. The summed E-state index contributed by atoms with van der Waals surface area (Å²) in [6, 6.07) is 5.01. The maximum atomic E-state index is 13.2. The summed E-state index contributed by atoms with van der Waals surface area (Å²) in [4.78, 5) is 43.2. The van der Waals surface area contributed by atoms with Crippen LogP contribution < -0.4 is 10.6 Å². The minimum absolute atomic E-state index is 0.0450. The topological polar surface area (TPSA) is 139 Å². The highest BCUT2D eigenvalue weighted by Gasteiger charge is 2.32. The molecule has 1 unspecified atom stereocenters. The molecule has 11 nitrogen and oxygen atoms in total. The number of piperidine rings is 1. The number of nitrogens with zero attached hydrogens (tertiary/aromatic N) is 3. The minimum Gasteiger partial charge on any atom is -0.444 e. The lowest BCUT2D eigenvalue weighted by Gasteiger charge is -2.31. The largest absolute Gasteiger partial charge is 0.444 e. The predicted octanol–water partition coefficient (Wildman–Crippen LogP) is 1.23. The Morgan fingerprint density at radius 3 is 2.56 bits per heavy atom. The van der Waals surface area contributed by atoms with Crippen molar-refractivity contribution in [2.45, 2.75) is 44.4 Å².